The lowest BCUT2D eigenvalue weighted by Crippen LogP contribution is -2.09. The van der Waals surface area contributed by atoms with Gasteiger partial charge in [-0.1, -0.05) is 35.5 Å². The van der Waals surface area contributed by atoms with E-state index in [1.165, 1.54) is 0 Å². The number of nitrogens with two attached hydrogens (primary N) is 1. The molecular formula is C14H15ClN2OS. The maximum atomic E-state index is 5.85. The van der Waals surface area contributed by atoms with Gasteiger partial charge in [0.25, 0.3) is 0 Å². The molecule has 1 atom stereocenters. The average Bonchev–Trinajstić information content (AvgIpc) is 2.47. The number of hydrogen-bond donors (Lipinski definition) is 1. The largest absolute Gasteiger partial charge is 0.497 e. The fraction of sp³-hybridized carbons (Fsp3) is 0.214. The van der Waals surface area contributed by atoms with Gasteiger partial charge in [-0.05, 0) is 29.8 Å². The van der Waals surface area contributed by atoms with E-state index in [1.54, 1.807) is 25.1 Å². The third-order valence-electron chi connectivity index (χ3n) is 2.66. The number of benzene rings is 1. The summed E-state index contributed by atoms with van der Waals surface area (Å²) in [4.78, 5) is 4.28. The van der Waals surface area contributed by atoms with Crippen LogP contribution in [0.1, 0.15) is 10.8 Å². The molecule has 0 aliphatic rings. The van der Waals surface area contributed by atoms with Crippen molar-refractivity contribution in [1.82, 2.24) is 4.98 Å². The zero-order valence-electron chi connectivity index (χ0n) is 10.5. The summed E-state index contributed by atoms with van der Waals surface area (Å²) in [6, 6.07) is 11.7. The Bertz CT molecular complexity index is 516. The first-order valence-corrected chi connectivity index (χ1v) is 7.11. The monoisotopic (exact) mass is 294 g/mol. The number of rotatable bonds is 5. The van der Waals surface area contributed by atoms with E-state index in [0.29, 0.717) is 11.6 Å². The first-order valence-electron chi connectivity index (χ1n) is 5.85. The van der Waals surface area contributed by atoms with Crippen LogP contribution in [-0.4, -0.2) is 18.6 Å². The van der Waals surface area contributed by atoms with Crippen LogP contribution in [0.2, 0.25) is 5.02 Å². The fourth-order valence-electron chi connectivity index (χ4n) is 1.65. The molecule has 2 rings (SSSR count). The maximum absolute atomic E-state index is 5.85. The normalized spacial score (nSPS) is 12.2. The number of methoxy groups -OCH3 is 1. The first-order chi connectivity index (χ1) is 9.22. The van der Waals surface area contributed by atoms with Gasteiger partial charge in [0.15, 0.2) is 0 Å². The van der Waals surface area contributed by atoms with Gasteiger partial charge in [0.05, 0.1) is 17.2 Å². The third kappa shape index (κ3) is 3.86. The minimum absolute atomic E-state index is 0.166. The van der Waals surface area contributed by atoms with Gasteiger partial charge < -0.3 is 10.5 Å². The highest BCUT2D eigenvalue weighted by Gasteiger charge is 2.12. The summed E-state index contributed by atoms with van der Waals surface area (Å²) < 4.78 is 5.15. The number of hydrogen-bond acceptors (Lipinski definition) is 4. The van der Waals surface area contributed by atoms with Crippen LogP contribution >= 0.6 is 23.4 Å². The molecule has 0 bridgehead atoms. The SMILES string of the molecule is COc1ccc(C(CN)Sc2ccc(Cl)cn2)cc1. The highest BCUT2D eigenvalue weighted by Crippen LogP contribution is 2.34. The quantitative estimate of drug-likeness (QED) is 0.857. The topological polar surface area (TPSA) is 48.1 Å². The molecule has 0 fully saturated rings. The zero-order valence-corrected chi connectivity index (χ0v) is 12.1. The zero-order chi connectivity index (χ0) is 13.7. The highest BCUT2D eigenvalue weighted by molar-refractivity contribution is 7.99. The summed E-state index contributed by atoms with van der Waals surface area (Å²) in [7, 11) is 1.65. The van der Waals surface area contributed by atoms with Crippen LogP contribution in [0.5, 0.6) is 5.75 Å². The van der Waals surface area contributed by atoms with Crippen molar-refractivity contribution in [3.05, 3.63) is 53.2 Å². The van der Waals surface area contributed by atoms with Crippen molar-refractivity contribution in [2.75, 3.05) is 13.7 Å². The predicted molar refractivity (Wildman–Crippen MR) is 79.9 cm³/mol. The minimum atomic E-state index is 0.166. The van der Waals surface area contributed by atoms with Gasteiger partial charge in [-0.15, -0.1) is 0 Å². The summed E-state index contributed by atoms with van der Waals surface area (Å²) >= 11 is 7.45. The molecule has 1 heterocycles. The molecule has 2 aromatic rings. The Morgan fingerprint density at radius 3 is 2.53 bits per heavy atom. The van der Waals surface area contributed by atoms with E-state index < -0.39 is 0 Å². The summed E-state index contributed by atoms with van der Waals surface area (Å²) in [5.74, 6) is 0.842. The fourth-order valence-corrected chi connectivity index (χ4v) is 2.70. The molecule has 0 spiro atoms. The standard InChI is InChI=1S/C14H15ClN2OS/c1-18-12-5-2-10(3-6-12)13(8-16)19-14-7-4-11(15)9-17-14/h2-7,9,13H,8,16H2,1H3. The van der Waals surface area contributed by atoms with E-state index in [4.69, 9.17) is 22.1 Å². The lowest BCUT2D eigenvalue weighted by atomic mass is 10.1. The highest BCUT2D eigenvalue weighted by atomic mass is 35.5. The summed E-state index contributed by atoms with van der Waals surface area (Å²) in [6.07, 6.45) is 1.64. The summed E-state index contributed by atoms with van der Waals surface area (Å²) in [5.41, 5.74) is 7.00. The Balaban J connectivity index is 2.12. The minimum Gasteiger partial charge on any atom is -0.497 e. The van der Waals surface area contributed by atoms with E-state index >= 15 is 0 Å². The predicted octanol–water partition coefficient (Wildman–Crippen LogP) is 3.54. The van der Waals surface area contributed by atoms with Gasteiger partial charge in [-0.3, -0.25) is 0 Å². The molecule has 0 aliphatic heterocycles. The second-order valence-electron chi connectivity index (χ2n) is 3.93. The molecule has 19 heavy (non-hydrogen) atoms. The Kier molecular flexibility index (Phi) is 5.07. The number of aromatic nitrogens is 1. The van der Waals surface area contributed by atoms with Gasteiger partial charge in [0.2, 0.25) is 0 Å². The van der Waals surface area contributed by atoms with Gasteiger partial charge in [0.1, 0.15) is 5.75 Å². The van der Waals surface area contributed by atoms with Gasteiger partial charge >= 0.3 is 0 Å². The molecule has 3 nitrogen and oxygen atoms in total. The van der Waals surface area contributed by atoms with Gasteiger partial charge in [0, 0.05) is 18.0 Å². The summed E-state index contributed by atoms with van der Waals surface area (Å²) in [6.45, 7) is 0.543. The van der Waals surface area contributed by atoms with E-state index in [9.17, 15) is 0 Å². The molecule has 0 amide bonds. The number of halogens is 1. The van der Waals surface area contributed by atoms with E-state index in [2.05, 4.69) is 4.98 Å². The van der Waals surface area contributed by atoms with Crippen LogP contribution in [0.4, 0.5) is 0 Å². The molecule has 5 heteroatoms. The van der Waals surface area contributed by atoms with Gasteiger partial charge in [-0.2, -0.15) is 0 Å². The van der Waals surface area contributed by atoms with E-state index in [1.807, 2.05) is 36.4 Å². The lowest BCUT2D eigenvalue weighted by Gasteiger charge is -2.14. The first kappa shape index (κ1) is 14.2. The third-order valence-corrected chi connectivity index (χ3v) is 4.12. The molecule has 100 valence electrons. The molecule has 1 unspecified atom stereocenters. The Morgan fingerprint density at radius 1 is 1.26 bits per heavy atom. The number of pyridine rings is 1. The average molecular weight is 295 g/mol. The van der Waals surface area contributed by atoms with Crippen molar-refractivity contribution >= 4 is 23.4 Å². The van der Waals surface area contributed by atoms with Gasteiger partial charge in [-0.25, -0.2) is 4.98 Å². The van der Waals surface area contributed by atoms with Crippen LogP contribution in [-0.2, 0) is 0 Å². The molecule has 1 aromatic heterocycles. The second-order valence-corrected chi connectivity index (χ2v) is 5.59. The molecule has 0 saturated heterocycles. The van der Waals surface area contributed by atoms with Crippen molar-refractivity contribution in [2.45, 2.75) is 10.3 Å². The number of ether oxygens (including phenoxy) is 1. The molecule has 0 saturated carbocycles. The van der Waals surface area contributed by atoms with Crippen molar-refractivity contribution in [3.8, 4) is 5.75 Å². The second kappa shape index (κ2) is 6.80. The van der Waals surface area contributed by atoms with Crippen molar-refractivity contribution in [2.24, 2.45) is 5.73 Å². The molecule has 2 N–H and O–H groups in total. The Labute approximate surface area is 122 Å². The molecule has 1 aromatic carbocycles. The molecular weight excluding hydrogens is 280 g/mol. The number of thioether (sulfide) groups is 1. The van der Waals surface area contributed by atoms with Crippen LogP contribution in [0.25, 0.3) is 0 Å². The summed E-state index contributed by atoms with van der Waals surface area (Å²) in [5, 5.41) is 1.72. The van der Waals surface area contributed by atoms with Crippen molar-refractivity contribution < 1.29 is 4.74 Å². The van der Waals surface area contributed by atoms with E-state index in [0.717, 1.165) is 16.3 Å². The van der Waals surface area contributed by atoms with Crippen LogP contribution in [0.15, 0.2) is 47.6 Å². The van der Waals surface area contributed by atoms with Crippen molar-refractivity contribution in [1.29, 1.82) is 0 Å². The Morgan fingerprint density at radius 2 is 2.00 bits per heavy atom. The van der Waals surface area contributed by atoms with E-state index in [-0.39, 0.29) is 5.25 Å². The molecule has 0 aliphatic carbocycles. The Hall–Kier alpha value is -1.23. The van der Waals surface area contributed by atoms with Crippen LogP contribution in [0.3, 0.4) is 0 Å². The van der Waals surface area contributed by atoms with Crippen molar-refractivity contribution in [3.63, 3.8) is 0 Å². The maximum Gasteiger partial charge on any atom is 0.118 e. The van der Waals surface area contributed by atoms with Crippen LogP contribution < -0.4 is 10.5 Å². The smallest absolute Gasteiger partial charge is 0.118 e. The lowest BCUT2D eigenvalue weighted by molar-refractivity contribution is 0.414. The van der Waals surface area contributed by atoms with Crippen LogP contribution in [0, 0.1) is 0 Å². The number of nitrogens with zero attached hydrogens (tertiary/aromatic N) is 1. The molecule has 0 radical (unpaired) electrons.